The molecule has 0 radical (unpaired) electrons. The van der Waals surface area contributed by atoms with E-state index in [9.17, 15) is 0 Å². The third-order valence-corrected chi connectivity index (χ3v) is 6.36. The molecule has 2 atom stereocenters. The lowest BCUT2D eigenvalue weighted by atomic mass is 9.99. The lowest BCUT2D eigenvalue weighted by molar-refractivity contribution is 0.290. The first-order chi connectivity index (χ1) is 15.7. The molecule has 1 saturated carbocycles. The number of rotatable bonds is 6. The third-order valence-electron chi connectivity index (χ3n) is 6.09. The molecule has 0 bridgehead atoms. The number of nitrogens with zero attached hydrogens (tertiary/aromatic N) is 1. The van der Waals surface area contributed by atoms with E-state index in [0.29, 0.717) is 18.6 Å². The first-order valence-corrected chi connectivity index (χ1v) is 11.6. The zero-order valence-electron chi connectivity index (χ0n) is 18.4. The van der Waals surface area contributed by atoms with Crippen LogP contribution < -0.4 is 10.5 Å². The van der Waals surface area contributed by atoms with Gasteiger partial charge in [0.05, 0.1) is 24.5 Å². The number of aromatic nitrogens is 1. The Morgan fingerprint density at radius 1 is 1.16 bits per heavy atom. The second kappa shape index (κ2) is 10.4. The average molecular weight is 452 g/mol. The van der Waals surface area contributed by atoms with Crippen molar-refractivity contribution >= 4 is 39.8 Å². The third kappa shape index (κ3) is 4.61. The van der Waals surface area contributed by atoms with Crippen LogP contribution in [0.25, 0.3) is 33.2 Å². The summed E-state index contributed by atoms with van der Waals surface area (Å²) in [6, 6.07) is 17.2. The highest BCUT2D eigenvalue weighted by atomic mass is 32.2. The number of aryl methyl sites for hydroxylation is 1. The van der Waals surface area contributed by atoms with Crippen LogP contribution in [0.3, 0.4) is 0 Å². The van der Waals surface area contributed by atoms with E-state index in [1.807, 2.05) is 18.3 Å². The fourth-order valence-electron chi connectivity index (χ4n) is 4.56. The highest BCUT2D eigenvalue weighted by molar-refractivity contribution is 7.92. The maximum atomic E-state index is 7.00. The van der Waals surface area contributed by atoms with Gasteiger partial charge in [-0.3, -0.25) is 10.1 Å². The number of pyridine rings is 1. The van der Waals surface area contributed by atoms with Gasteiger partial charge in [0.15, 0.2) is 5.58 Å². The van der Waals surface area contributed by atoms with Crippen molar-refractivity contribution in [3.05, 3.63) is 60.3 Å². The van der Waals surface area contributed by atoms with Crippen molar-refractivity contribution < 1.29 is 13.7 Å². The zero-order valence-corrected chi connectivity index (χ0v) is 19.2. The Balaban J connectivity index is 0.00000119. The van der Waals surface area contributed by atoms with Crippen LogP contribution in [0.5, 0.6) is 0 Å². The summed E-state index contributed by atoms with van der Waals surface area (Å²) in [4.78, 5) is 4.55. The molecule has 168 valence electrons. The number of anilines is 1. The number of hydrogen-bond donors (Lipinski definition) is 3. The summed E-state index contributed by atoms with van der Waals surface area (Å²) in [7, 11) is 1.00. The fraction of sp³-hybridized carbons (Fsp3) is 0.320. The number of furan rings is 1. The predicted molar refractivity (Wildman–Crippen MR) is 132 cm³/mol. The second-order valence-electron chi connectivity index (χ2n) is 8.06. The number of aliphatic hydroxyl groups excluding tert-OH is 1. The van der Waals surface area contributed by atoms with Gasteiger partial charge in [-0.1, -0.05) is 36.4 Å². The minimum atomic E-state index is 0.403. The quantitative estimate of drug-likeness (QED) is 0.256. The van der Waals surface area contributed by atoms with Gasteiger partial charge in [0.2, 0.25) is 0 Å². The molecule has 4 aromatic rings. The molecule has 6 nitrogen and oxygen atoms in total. The summed E-state index contributed by atoms with van der Waals surface area (Å²) in [6.07, 6.45) is 5.17. The topological polar surface area (TPSA) is 93.5 Å². The van der Waals surface area contributed by atoms with E-state index in [2.05, 4.69) is 53.6 Å². The van der Waals surface area contributed by atoms with Crippen LogP contribution in [-0.4, -0.2) is 29.8 Å². The van der Waals surface area contributed by atoms with Crippen LogP contribution in [0, 0.1) is 12.8 Å². The van der Waals surface area contributed by atoms with Crippen LogP contribution in [0.1, 0.15) is 24.8 Å². The normalized spacial score (nSPS) is 18.0. The Hall–Kier alpha value is -2.58. The first-order valence-electron chi connectivity index (χ1n) is 10.8. The van der Waals surface area contributed by atoms with Crippen molar-refractivity contribution in [2.45, 2.75) is 32.2 Å². The van der Waals surface area contributed by atoms with Gasteiger partial charge < -0.3 is 19.0 Å². The fourth-order valence-corrected chi connectivity index (χ4v) is 4.83. The summed E-state index contributed by atoms with van der Waals surface area (Å²) in [5.74, 6) is 1.39. The first kappa shape index (κ1) is 22.6. The summed E-state index contributed by atoms with van der Waals surface area (Å²) in [5, 5.41) is 18.5. The van der Waals surface area contributed by atoms with Gasteiger partial charge in [-0.05, 0) is 54.5 Å². The molecule has 0 amide bonds. The largest absolute Gasteiger partial charge is 0.452 e. The van der Waals surface area contributed by atoms with Crippen molar-refractivity contribution in [2.24, 2.45) is 11.1 Å². The molecule has 4 N–H and O–H groups in total. The molecule has 0 aliphatic heterocycles. The van der Waals surface area contributed by atoms with E-state index in [1.165, 1.54) is 16.3 Å². The Morgan fingerprint density at radius 2 is 1.97 bits per heavy atom. The van der Waals surface area contributed by atoms with E-state index in [4.69, 9.17) is 18.8 Å². The van der Waals surface area contributed by atoms with Gasteiger partial charge in [0, 0.05) is 31.0 Å². The molecule has 2 unspecified atom stereocenters. The number of hydrogen-bond acceptors (Lipinski definition) is 7. The lowest BCUT2D eigenvalue weighted by Gasteiger charge is -2.14. The monoisotopic (exact) mass is 451 g/mol. The summed E-state index contributed by atoms with van der Waals surface area (Å²) < 4.78 is 11.7. The van der Waals surface area contributed by atoms with E-state index < -0.39 is 0 Å². The molecule has 1 aliphatic rings. The standard InChI is InChI=1S/C24H25N3O2S.CH4O/c1-15-6-9-20(19-5-3-2-4-18(15)19)23-13-22-24(29-23)21(10-11-26-22)27-17-8-7-16(12-17)14-28-30-25;1-2/h2-6,9-11,13,16-17H,7-8,12,14,25H2,1H3,(H,26,27);2H,1H3. The Labute approximate surface area is 192 Å². The maximum absolute atomic E-state index is 7.00. The molecule has 1 aliphatic carbocycles. The zero-order chi connectivity index (χ0) is 22.5. The van der Waals surface area contributed by atoms with Crippen molar-refractivity contribution in [1.29, 1.82) is 0 Å². The predicted octanol–water partition coefficient (Wildman–Crippen LogP) is 5.68. The van der Waals surface area contributed by atoms with Gasteiger partial charge in [-0.2, -0.15) is 0 Å². The van der Waals surface area contributed by atoms with Crippen molar-refractivity contribution in [3.63, 3.8) is 0 Å². The minimum absolute atomic E-state index is 0.403. The highest BCUT2D eigenvalue weighted by Gasteiger charge is 2.26. The average Bonchev–Trinajstić information content (AvgIpc) is 3.47. The maximum Gasteiger partial charge on any atom is 0.176 e. The van der Waals surface area contributed by atoms with Gasteiger partial charge in [0.1, 0.15) is 11.3 Å². The van der Waals surface area contributed by atoms with Gasteiger partial charge in [-0.25, -0.2) is 0 Å². The Kier molecular flexibility index (Phi) is 7.32. The van der Waals surface area contributed by atoms with Gasteiger partial charge in [-0.15, -0.1) is 0 Å². The van der Waals surface area contributed by atoms with Gasteiger partial charge in [0.25, 0.3) is 0 Å². The van der Waals surface area contributed by atoms with E-state index in [-0.39, 0.29) is 0 Å². The highest BCUT2D eigenvalue weighted by Crippen LogP contribution is 2.37. The Bertz CT molecular complexity index is 1190. The molecule has 2 aromatic carbocycles. The molecule has 2 heterocycles. The molecular formula is C25H29N3O3S. The van der Waals surface area contributed by atoms with Crippen molar-refractivity contribution in [1.82, 2.24) is 4.98 Å². The number of nitrogens with one attached hydrogen (secondary N) is 1. The van der Waals surface area contributed by atoms with Crippen LogP contribution in [0.4, 0.5) is 5.69 Å². The number of fused-ring (bicyclic) bond motifs is 2. The van der Waals surface area contributed by atoms with E-state index in [0.717, 1.165) is 66.7 Å². The van der Waals surface area contributed by atoms with Crippen LogP contribution >= 0.6 is 12.2 Å². The smallest absolute Gasteiger partial charge is 0.176 e. The molecule has 0 saturated heterocycles. The van der Waals surface area contributed by atoms with Crippen LogP contribution in [0.15, 0.2) is 59.1 Å². The van der Waals surface area contributed by atoms with E-state index >= 15 is 0 Å². The van der Waals surface area contributed by atoms with Crippen LogP contribution in [-0.2, 0) is 4.18 Å². The van der Waals surface area contributed by atoms with Crippen molar-refractivity contribution in [2.75, 3.05) is 19.0 Å². The second-order valence-corrected chi connectivity index (χ2v) is 8.49. The SMILES string of the molecule is CO.Cc1ccc(-c2cc3nccc(NC4CCC(COSN)C4)c3o2)c2ccccc12. The van der Waals surface area contributed by atoms with E-state index in [1.54, 1.807) is 0 Å². The molecule has 7 heteroatoms. The molecule has 32 heavy (non-hydrogen) atoms. The minimum Gasteiger partial charge on any atom is -0.452 e. The van der Waals surface area contributed by atoms with Crippen molar-refractivity contribution in [3.8, 4) is 11.3 Å². The van der Waals surface area contributed by atoms with Gasteiger partial charge >= 0.3 is 0 Å². The lowest BCUT2D eigenvalue weighted by Crippen LogP contribution is -2.16. The summed E-state index contributed by atoms with van der Waals surface area (Å²) in [5.41, 5.74) is 5.05. The number of benzene rings is 2. The molecular weight excluding hydrogens is 422 g/mol. The molecule has 5 rings (SSSR count). The van der Waals surface area contributed by atoms with Crippen LogP contribution in [0.2, 0.25) is 0 Å². The molecule has 0 spiro atoms. The summed E-state index contributed by atoms with van der Waals surface area (Å²) >= 11 is 0.954. The molecule has 1 fully saturated rings. The molecule has 2 aromatic heterocycles. The Morgan fingerprint density at radius 3 is 2.78 bits per heavy atom. The number of nitrogens with two attached hydrogens (primary N) is 1. The summed E-state index contributed by atoms with van der Waals surface area (Å²) in [6.45, 7) is 2.84. The number of aliphatic hydroxyl groups is 1.